The molecule has 0 atom stereocenters. The second-order valence-electron chi connectivity index (χ2n) is 5.76. The van der Waals surface area contributed by atoms with Crippen molar-refractivity contribution < 1.29 is 4.79 Å². The number of benzene rings is 2. The van der Waals surface area contributed by atoms with Crippen LogP contribution in [0.2, 0.25) is 0 Å². The highest BCUT2D eigenvalue weighted by Gasteiger charge is 2.15. The summed E-state index contributed by atoms with van der Waals surface area (Å²) < 4.78 is 3.25. The Morgan fingerprint density at radius 2 is 1.64 bits per heavy atom. The van der Waals surface area contributed by atoms with Gasteiger partial charge in [-0.05, 0) is 5.56 Å². The molecule has 0 aliphatic carbocycles. The number of rotatable bonds is 4. The molecule has 0 saturated carbocycles. The van der Waals surface area contributed by atoms with E-state index in [0.29, 0.717) is 18.5 Å². The van der Waals surface area contributed by atoms with Crippen LogP contribution in [0.1, 0.15) is 16.1 Å². The smallest absolute Gasteiger partial charge is 0.294 e. The van der Waals surface area contributed by atoms with Crippen LogP contribution < -0.4 is 5.56 Å². The van der Waals surface area contributed by atoms with E-state index in [1.54, 1.807) is 15.2 Å². The van der Waals surface area contributed by atoms with Crippen molar-refractivity contribution in [3.05, 3.63) is 94.7 Å². The number of carbonyl (C=O) groups is 1. The van der Waals surface area contributed by atoms with Gasteiger partial charge in [0.1, 0.15) is 5.69 Å². The second kappa shape index (κ2) is 6.20. The van der Waals surface area contributed by atoms with Gasteiger partial charge in [0.15, 0.2) is 6.29 Å². The molecule has 0 amide bonds. The van der Waals surface area contributed by atoms with Gasteiger partial charge in [-0.15, -0.1) is 0 Å². The number of imidazole rings is 1. The molecular formula is C20H15N3O2. The molecule has 0 N–H and O–H groups in total. The first-order chi connectivity index (χ1) is 12.3. The maximum Gasteiger partial charge on any atom is 0.294 e. The van der Waals surface area contributed by atoms with Crippen LogP contribution >= 0.6 is 0 Å². The summed E-state index contributed by atoms with van der Waals surface area (Å²) in [6.07, 6.45) is 3.93. The lowest BCUT2D eigenvalue weighted by Gasteiger charge is -2.12. The van der Waals surface area contributed by atoms with Gasteiger partial charge in [0.05, 0.1) is 18.4 Å². The fraction of sp³-hybridized carbons (Fsp3) is 0.0500. The number of aldehydes is 1. The van der Waals surface area contributed by atoms with Crippen molar-refractivity contribution in [2.75, 3.05) is 0 Å². The van der Waals surface area contributed by atoms with Gasteiger partial charge in [-0.2, -0.15) is 0 Å². The van der Waals surface area contributed by atoms with Crippen LogP contribution in [-0.4, -0.2) is 20.2 Å². The predicted molar refractivity (Wildman–Crippen MR) is 95.8 cm³/mol. The molecule has 4 aromatic rings. The number of hydrogen-bond acceptors (Lipinski definition) is 3. The van der Waals surface area contributed by atoms with Gasteiger partial charge in [0.2, 0.25) is 5.65 Å². The molecule has 5 nitrogen and oxygen atoms in total. The maximum absolute atomic E-state index is 12.8. The highest BCUT2D eigenvalue weighted by molar-refractivity contribution is 5.76. The van der Waals surface area contributed by atoms with Gasteiger partial charge in [-0.25, -0.2) is 4.98 Å². The Hall–Kier alpha value is -3.47. The lowest BCUT2D eigenvalue weighted by atomic mass is 10.1. The van der Waals surface area contributed by atoms with E-state index in [4.69, 9.17) is 0 Å². The third-order valence-corrected chi connectivity index (χ3v) is 4.15. The number of nitrogens with zero attached hydrogens (tertiary/aromatic N) is 3. The van der Waals surface area contributed by atoms with Gasteiger partial charge < -0.3 is 4.57 Å². The van der Waals surface area contributed by atoms with E-state index in [-0.39, 0.29) is 11.2 Å². The highest BCUT2D eigenvalue weighted by Crippen LogP contribution is 2.20. The highest BCUT2D eigenvalue weighted by atomic mass is 16.1. The molecule has 0 aliphatic rings. The van der Waals surface area contributed by atoms with Crippen LogP contribution in [-0.2, 0) is 6.54 Å². The Labute approximate surface area is 143 Å². The van der Waals surface area contributed by atoms with Crippen molar-refractivity contribution in [3.8, 4) is 11.3 Å². The number of carbonyl (C=O) groups excluding carboxylic acids is 1. The summed E-state index contributed by atoms with van der Waals surface area (Å²) in [5, 5.41) is 0. The van der Waals surface area contributed by atoms with Crippen LogP contribution in [0.5, 0.6) is 0 Å². The number of aromatic nitrogens is 3. The zero-order valence-corrected chi connectivity index (χ0v) is 13.4. The molecule has 4 rings (SSSR count). The number of fused-ring (bicyclic) bond motifs is 1. The molecule has 2 aromatic carbocycles. The minimum atomic E-state index is -0.225. The first kappa shape index (κ1) is 15.1. The SMILES string of the molecule is O=Cc1cnc2c(=O)n(Cc3ccccc3)cc(-c3ccccc3)n12. The van der Waals surface area contributed by atoms with E-state index in [1.165, 1.54) is 6.20 Å². The monoisotopic (exact) mass is 329 g/mol. The Balaban J connectivity index is 1.98. The third kappa shape index (κ3) is 2.65. The minimum Gasteiger partial charge on any atom is -0.306 e. The quantitative estimate of drug-likeness (QED) is 0.541. The van der Waals surface area contributed by atoms with Gasteiger partial charge in [0, 0.05) is 11.8 Å². The third-order valence-electron chi connectivity index (χ3n) is 4.15. The summed E-state index contributed by atoms with van der Waals surface area (Å²) in [7, 11) is 0. The molecule has 0 saturated heterocycles. The Morgan fingerprint density at radius 1 is 0.960 bits per heavy atom. The largest absolute Gasteiger partial charge is 0.306 e. The molecule has 0 spiro atoms. The van der Waals surface area contributed by atoms with Crippen molar-refractivity contribution >= 4 is 11.9 Å². The summed E-state index contributed by atoms with van der Waals surface area (Å²) >= 11 is 0. The van der Waals surface area contributed by atoms with E-state index in [0.717, 1.165) is 16.8 Å². The standard InChI is InChI=1S/C20H15N3O2/c24-14-17-11-21-19-20(25)22(12-15-7-3-1-4-8-15)13-18(23(17)19)16-9-5-2-6-10-16/h1-11,13-14H,12H2. The molecule has 0 aliphatic heterocycles. The molecule has 5 heteroatoms. The summed E-state index contributed by atoms with van der Waals surface area (Å²) in [6, 6.07) is 19.4. The fourth-order valence-corrected chi connectivity index (χ4v) is 2.95. The fourth-order valence-electron chi connectivity index (χ4n) is 2.95. The van der Waals surface area contributed by atoms with Crippen molar-refractivity contribution in [1.82, 2.24) is 14.0 Å². The average molecular weight is 329 g/mol. The molecule has 0 unspecified atom stereocenters. The van der Waals surface area contributed by atoms with Gasteiger partial charge in [-0.1, -0.05) is 60.7 Å². The summed E-state index contributed by atoms with van der Waals surface area (Å²) in [5.74, 6) is 0. The predicted octanol–water partition coefficient (Wildman–Crippen LogP) is 3.02. The zero-order valence-electron chi connectivity index (χ0n) is 13.4. The molecule has 2 heterocycles. The van der Waals surface area contributed by atoms with E-state index in [1.807, 2.05) is 60.7 Å². The van der Waals surface area contributed by atoms with Gasteiger partial charge in [0.25, 0.3) is 5.56 Å². The zero-order chi connectivity index (χ0) is 17.2. The van der Waals surface area contributed by atoms with Gasteiger partial charge in [-0.3, -0.25) is 14.0 Å². The van der Waals surface area contributed by atoms with Crippen LogP contribution in [0.4, 0.5) is 0 Å². The normalized spacial score (nSPS) is 10.9. The van der Waals surface area contributed by atoms with Gasteiger partial charge >= 0.3 is 0 Å². The lowest BCUT2D eigenvalue weighted by molar-refractivity contribution is 0.111. The second-order valence-corrected chi connectivity index (χ2v) is 5.76. The Kier molecular flexibility index (Phi) is 3.74. The molecule has 0 fully saturated rings. The van der Waals surface area contributed by atoms with E-state index in [2.05, 4.69) is 4.98 Å². The van der Waals surface area contributed by atoms with Crippen molar-refractivity contribution in [2.24, 2.45) is 0 Å². The summed E-state index contributed by atoms with van der Waals surface area (Å²) in [6.45, 7) is 0.444. The van der Waals surface area contributed by atoms with Crippen molar-refractivity contribution in [3.63, 3.8) is 0 Å². The van der Waals surface area contributed by atoms with E-state index < -0.39 is 0 Å². The first-order valence-corrected chi connectivity index (χ1v) is 7.93. The molecule has 0 bridgehead atoms. The molecule has 25 heavy (non-hydrogen) atoms. The van der Waals surface area contributed by atoms with E-state index in [9.17, 15) is 9.59 Å². The van der Waals surface area contributed by atoms with Crippen LogP contribution in [0.15, 0.2) is 77.9 Å². The number of hydrogen-bond donors (Lipinski definition) is 0. The molecular weight excluding hydrogens is 314 g/mol. The van der Waals surface area contributed by atoms with Crippen molar-refractivity contribution in [1.29, 1.82) is 0 Å². The van der Waals surface area contributed by atoms with Crippen LogP contribution in [0, 0.1) is 0 Å². The van der Waals surface area contributed by atoms with Crippen LogP contribution in [0.25, 0.3) is 16.9 Å². The molecule has 122 valence electrons. The van der Waals surface area contributed by atoms with E-state index >= 15 is 0 Å². The Morgan fingerprint density at radius 3 is 2.32 bits per heavy atom. The summed E-state index contributed by atoms with van der Waals surface area (Å²) in [5.41, 5.74) is 3.07. The lowest BCUT2D eigenvalue weighted by Crippen LogP contribution is -2.23. The topological polar surface area (TPSA) is 56.4 Å². The van der Waals surface area contributed by atoms with Crippen LogP contribution in [0.3, 0.4) is 0 Å². The minimum absolute atomic E-state index is 0.225. The Bertz CT molecular complexity index is 1100. The molecule has 2 aromatic heterocycles. The molecule has 0 radical (unpaired) electrons. The average Bonchev–Trinajstić information content (AvgIpc) is 3.10. The maximum atomic E-state index is 12.8. The van der Waals surface area contributed by atoms with Crippen molar-refractivity contribution in [2.45, 2.75) is 6.54 Å². The first-order valence-electron chi connectivity index (χ1n) is 7.93. The summed E-state index contributed by atoms with van der Waals surface area (Å²) in [4.78, 5) is 28.4.